The van der Waals surface area contributed by atoms with E-state index >= 15 is 0 Å². The molecule has 28 heavy (non-hydrogen) atoms. The maximum absolute atomic E-state index is 13.3. The standard InChI is InChI=1S/C23H17BrN2O2/c1-28-21-12-5-4-11-20(21)26-22(14-13-16-7-6-8-17(24)15-16)25-19-10-3-2-9-18(19)23(26)27/h2-15H,1H3/b14-13-. The fraction of sp³-hybridized carbons (Fsp3) is 0.0435. The number of ether oxygens (including phenoxy) is 1. The van der Waals surface area contributed by atoms with Gasteiger partial charge in [-0.25, -0.2) is 4.98 Å². The van der Waals surface area contributed by atoms with Gasteiger partial charge in [-0.3, -0.25) is 9.36 Å². The summed E-state index contributed by atoms with van der Waals surface area (Å²) < 4.78 is 8.06. The van der Waals surface area contributed by atoms with Crippen molar-refractivity contribution < 1.29 is 4.74 Å². The van der Waals surface area contributed by atoms with Gasteiger partial charge in [0.05, 0.1) is 23.7 Å². The molecule has 1 heterocycles. The number of methoxy groups -OCH3 is 1. The summed E-state index contributed by atoms with van der Waals surface area (Å²) in [4.78, 5) is 18.0. The van der Waals surface area contributed by atoms with Crippen molar-refractivity contribution in [2.75, 3.05) is 7.11 Å². The Balaban J connectivity index is 1.97. The van der Waals surface area contributed by atoms with Crippen LogP contribution < -0.4 is 10.3 Å². The van der Waals surface area contributed by atoms with E-state index in [9.17, 15) is 4.79 Å². The van der Waals surface area contributed by atoms with Crippen LogP contribution in [0, 0.1) is 0 Å². The Bertz CT molecular complexity index is 1240. The maximum atomic E-state index is 13.3. The van der Waals surface area contributed by atoms with Crippen LogP contribution in [0.1, 0.15) is 11.4 Å². The van der Waals surface area contributed by atoms with Gasteiger partial charge >= 0.3 is 0 Å². The van der Waals surface area contributed by atoms with Gasteiger partial charge in [0.2, 0.25) is 0 Å². The van der Waals surface area contributed by atoms with E-state index in [0.717, 1.165) is 10.0 Å². The lowest BCUT2D eigenvalue weighted by atomic mass is 10.2. The number of aromatic nitrogens is 2. The minimum Gasteiger partial charge on any atom is -0.495 e. The van der Waals surface area contributed by atoms with Gasteiger partial charge in [-0.2, -0.15) is 0 Å². The third-order valence-electron chi connectivity index (χ3n) is 4.40. The van der Waals surface area contributed by atoms with Crippen LogP contribution in [-0.2, 0) is 0 Å². The molecule has 0 saturated carbocycles. The second kappa shape index (κ2) is 7.82. The molecule has 0 aliphatic rings. The van der Waals surface area contributed by atoms with Crippen LogP contribution in [0.4, 0.5) is 0 Å². The SMILES string of the molecule is COc1ccccc1-n1c(/C=C\c2cccc(Br)c2)nc2ccccc2c1=O. The Morgan fingerprint density at radius 1 is 0.964 bits per heavy atom. The van der Waals surface area contributed by atoms with Gasteiger partial charge in [-0.05, 0) is 48.0 Å². The number of fused-ring (bicyclic) bond motifs is 1. The van der Waals surface area contributed by atoms with Crippen LogP contribution >= 0.6 is 15.9 Å². The third kappa shape index (κ3) is 3.49. The van der Waals surface area contributed by atoms with Crippen LogP contribution in [-0.4, -0.2) is 16.7 Å². The van der Waals surface area contributed by atoms with Gasteiger partial charge in [0.1, 0.15) is 11.6 Å². The third-order valence-corrected chi connectivity index (χ3v) is 4.89. The molecule has 0 saturated heterocycles. The number of hydrogen-bond donors (Lipinski definition) is 0. The van der Waals surface area contributed by atoms with Gasteiger partial charge in [0.25, 0.3) is 5.56 Å². The van der Waals surface area contributed by atoms with Crippen molar-refractivity contribution in [1.82, 2.24) is 9.55 Å². The molecule has 4 nitrogen and oxygen atoms in total. The van der Waals surface area contributed by atoms with Gasteiger partial charge < -0.3 is 4.74 Å². The van der Waals surface area contributed by atoms with Crippen LogP contribution in [0.2, 0.25) is 0 Å². The summed E-state index contributed by atoms with van der Waals surface area (Å²) in [6.45, 7) is 0. The highest BCUT2D eigenvalue weighted by Gasteiger charge is 2.14. The van der Waals surface area contributed by atoms with Crippen molar-refractivity contribution in [3.63, 3.8) is 0 Å². The molecule has 0 bridgehead atoms. The van der Waals surface area contributed by atoms with Crippen molar-refractivity contribution in [1.29, 1.82) is 0 Å². The van der Waals surface area contributed by atoms with Crippen molar-refractivity contribution in [3.8, 4) is 11.4 Å². The lowest BCUT2D eigenvalue weighted by molar-refractivity contribution is 0.412. The molecule has 0 amide bonds. The number of para-hydroxylation sites is 3. The van der Waals surface area contributed by atoms with Crippen molar-refractivity contribution in [2.45, 2.75) is 0 Å². The number of nitrogens with zero attached hydrogens (tertiary/aromatic N) is 2. The summed E-state index contributed by atoms with van der Waals surface area (Å²) in [7, 11) is 1.59. The molecule has 1 aromatic heterocycles. The first-order chi connectivity index (χ1) is 13.7. The molecule has 4 aromatic rings. The molecule has 0 atom stereocenters. The topological polar surface area (TPSA) is 44.1 Å². The Hall–Kier alpha value is -3.18. The van der Waals surface area contributed by atoms with E-state index in [0.29, 0.717) is 28.2 Å². The monoisotopic (exact) mass is 432 g/mol. The predicted molar refractivity (Wildman–Crippen MR) is 117 cm³/mol. The number of benzene rings is 3. The van der Waals surface area contributed by atoms with Crippen molar-refractivity contribution in [2.24, 2.45) is 0 Å². The quantitative estimate of drug-likeness (QED) is 0.437. The number of hydrogen-bond acceptors (Lipinski definition) is 3. The molecule has 5 heteroatoms. The molecule has 138 valence electrons. The molecule has 0 aliphatic heterocycles. The minimum absolute atomic E-state index is 0.135. The molecular weight excluding hydrogens is 416 g/mol. The normalized spacial score (nSPS) is 11.2. The van der Waals surface area contributed by atoms with E-state index in [1.54, 1.807) is 17.7 Å². The summed E-state index contributed by atoms with van der Waals surface area (Å²) in [5.74, 6) is 1.15. The highest BCUT2D eigenvalue weighted by molar-refractivity contribution is 9.10. The van der Waals surface area contributed by atoms with E-state index in [1.165, 1.54) is 0 Å². The van der Waals surface area contributed by atoms with Crippen LogP contribution in [0.25, 0.3) is 28.7 Å². The first-order valence-electron chi connectivity index (χ1n) is 8.76. The molecule has 0 N–H and O–H groups in total. The summed E-state index contributed by atoms with van der Waals surface area (Å²) in [6.07, 6.45) is 3.79. The Morgan fingerprint density at radius 2 is 1.75 bits per heavy atom. The molecule has 0 fully saturated rings. The van der Waals surface area contributed by atoms with Crippen LogP contribution in [0.5, 0.6) is 5.75 Å². The molecular formula is C23H17BrN2O2. The van der Waals surface area contributed by atoms with Gasteiger partial charge in [-0.15, -0.1) is 0 Å². The molecule has 0 radical (unpaired) electrons. The van der Waals surface area contributed by atoms with E-state index in [1.807, 2.05) is 78.9 Å². The molecule has 3 aromatic carbocycles. The Morgan fingerprint density at radius 3 is 2.57 bits per heavy atom. The largest absolute Gasteiger partial charge is 0.495 e. The summed E-state index contributed by atoms with van der Waals surface area (Å²) >= 11 is 3.48. The zero-order chi connectivity index (χ0) is 19.5. The average Bonchev–Trinajstić information content (AvgIpc) is 2.72. The van der Waals surface area contributed by atoms with Crippen molar-refractivity contribution >= 4 is 39.0 Å². The fourth-order valence-corrected chi connectivity index (χ4v) is 3.51. The Labute approximate surface area is 170 Å². The lowest BCUT2D eigenvalue weighted by Gasteiger charge is -2.14. The van der Waals surface area contributed by atoms with Crippen LogP contribution in [0.3, 0.4) is 0 Å². The lowest BCUT2D eigenvalue weighted by Crippen LogP contribution is -2.22. The van der Waals surface area contributed by atoms with E-state index in [-0.39, 0.29) is 5.56 Å². The van der Waals surface area contributed by atoms with Gasteiger partial charge in [0, 0.05) is 4.47 Å². The highest BCUT2D eigenvalue weighted by atomic mass is 79.9. The van der Waals surface area contributed by atoms with E-state index in [2.05, 4.69) is 15.9 Å². The molecule has 0 spiro atoms. The second-order valence-electron chi connectivity index (χ2n) is 6.19. The number of halogens is 1. The smallest absolute Gasteiger partial charge is 0.266 e. The zero-order valence-corrected chi connectivity index (χ0v) is 16.8. The maximum Gasteiger partial charge on any atom is 0.266 e. The summed E-state index contributed by atoms with van der Waals surface area (Å²) in [5, 5.41) is 0.563. The summed E-state index contributed by atoms with van der Waals surface area (Å²) in [5.41, 5.74) is 2.18. The predicted octanol–water partition coefficient (Wildman–Crippen LogP) is 5.33. The first kappa shape index (κ1) is 18.2. The Kier molecular flexibility index (Phi) is 5.08. The minimum atomic E-state index is -0.135. The fourth-order valence-electron chi connectivity index (χ4n) is 3.09. The molecule has 0 unspecified atom stereocenters. The van der Waals surface area contributed by atoms with E-state index < -0.39 is 0 Å². The van der Waals surface area contributed by atoms with Gasteiger partial charge in [-0.1, -0.05) is 58.4 Å². The number of rotatable bonds is 4. The second-order valence-corrected chi connectivity index (χ2v) is 7.10. The first-order valence-corrected chi connectivity index (χ1v) is 9.55. The molecule has 4 rings (SSSR count). The summed E-state index contributed by atoms with van der Waals surface area (Å²) in [6, 6.07) is 22.7. The van der Waals surface area contributed by atoms with Crippen molar-refractivity contribution in [3.05, 3.63) is 99.0 Å². The van der Waals surface area contributed by atoms with Crippen LogP contribution in [0.15, 0.2) is 82.1 Å². The highest BCUT2D eigenvalue weighted by Crippen LogP contribution is 2.24. The zero-order valence-electron chi connectivity index (χ0n) is 15.2. The molecule has 0 aliphatic carbocycles. The average molecular weight is 433 g/mol. The van der Waals surface area contributed by atoms with Gasteiger partial charge in [0.15, 0.2) is 0 Å². The van der Waals surface area contributed by atoms with E-state index in [4.69, 9.17) is 9.72 Å².